The van der Waals surface area contributed by atoms with Crippen LogP contribution in [0, 0.1) is 11.6 Å². The van der Waals surface area contributed by atoms with Gasteiger partial charge in [-0.3, -0.25) is 0 Å². The molecule has 1 saturated carbocycles. The molecule has 0 amide bonds. The van der Waals surface area contributed by atoms with Crippen LogP contribution in [0.25, 0.3) is 11.3 Å². The maximum absolute atomic E-state index is 14.4. The minimum atomic E-state index is -1.30. The van der Waals surface area contributed by atoms with Crippen LogP contribution in [0.5, 0.6) is 5.75 Å². The standard InChI is InChI=1S/C20H21F2NO3S/c1-2-17(20(24)25)26-19-14(21)10-12(11-15(19)22)16-8-5-9-18(23-16)27-13-6-3-4-7-13/h5,8-11,13,17H,2-4,6-7H2,1H3,(H,24,25). The molecule has 1 aliphatic rings. The molecule has 7 heteroatoms. The zero-order valence-electron chi connectivity index (χ0n) is 15.0. The first-order chi connectivity index (χ1) is 13.0. The Kier molecular flexibility index (Phi) is 6.31. The highest BCUT2D eigenvalue weighted by Crippen LogP contribution is 2.35. The van der Waals surface area contributed by atoms with Crippen LogP contribution in [0.4, 0.5) is 8.78 Å². The molecule has 0 aliphatic heterocycles. The largest absolute Gasteiger partial charge is 0.479 e. The molecule has 1 heterocycles. The van der Waals surface area contributed by atoms with E-state index in [1.807, 2.05) is 12.1 Å². The van der Waals surface area contributed by atoms with Crippen molar-refractivity contribution in [3.63, 3.8) is 0 Å². The van der Waals surface area contributed by atoms with Crippen molar-refractivity contribution in [1.82, 2.24) is 4.98 Å². The van der Waals surface area contributed by atoms with Gasteiger partial charge in [0.1, 0.15) is 0 Å². The van der Waals surface area contributed by atoms with E-state index in [9.17, 15) is 13.6 Å². The molecule has 27 heavy (non-hydrogen) atoms. The van der Waals surface area contributed by atoms with Crippen LogP contribution in [0.1, 0.15) is 39.0 Å². The van der Waals surface area contributed by atoms with Gasteiger partial charge in [0.05, 0.1) is 10.7 Å². The fourth-order valence-electron chi connectivity index (χ4n) is 3.09. The molecule has 1 aromatic heterocycles. The highest BCUT2D eigenvalue weighted by Gasteiger charge is 2.23. The van der Waals surface area contributed by atoms with Crippen molar-refractivity contribution in [3.8, 4) is 17.0 Å². The number of nitrogens with zero attached hydrogens (tertiary/aromatic N) is 1. The molecule has 1 aliphatic carbocycles. The minimum Gasteiger partial charge on any atom is -0.479 e. The van der Waals surface area contributed by atoms with Crippen LogP contribution in [0.2, 0.25) is 0 Å². The summed E-state index contributed by atoms with van der Waals surface area (Å²) in [6.45, 7) is 1.57. The highest BCUT2D eigenvalue weighted by atomic mass is 32.2. The van der Waals surface area contributed by atoms with E-state index in [1.54, 1.807) is 24.8 Å². The summed E-state index contributed by atoms with van der Waals surface area (Å²) in [5.74, 6) is -3.83. The summed E-state index contributed by atoms with van der Waals surface area (Å²) in [6.07, 6.45) is 3.57. The summed E-state index contributed by atoms with van der Waals surface area (Å²) >= 11 is 1.70. The normalized spacial score (nSPS) is 15.7. The predicted octanol–water partition coefficient (Wildman–Crippen LogP) is 5.30. The number of benzene rings is 1. The summed E-state index contributed by atoms with van der Waals surface area (Å²) in [5.41, 5.74) is 0.752. The van der Waals surface area contributed by atoms with Crippen LogP contribution >= 0.6 is 11.8 Å². The van der Waals surface area contributed by atoms with Crippen LogP contribution in [-0.2, 0) is 4.79 Å². The summed E-state index contributed by atoms with van der Waals surface area (Å²) in [6, 6.07) is 7.66. The number of aliphatic carboxylic acids is 1. The van der Waals surface area contributed by atoms with Gasteiger partial charge in [0.2, 0.25) is 0 Å². The van der Waals surface area contributed by atoms with Gasteiger partial charge in [0, 0.05) is 10.8 Å². The molecule has 2 aromatic rings. The van der Waals surface area contributed by atoms with Gasteiger partial charge in [-0.05, 0) is 43.5 Å². The number of aromatic nitrogens is 1. The van der Waals surface area contributed by atoms with E-state index < -0.39 is 29.5 Å². The smallest absolute Gasteiger partial charge is 0.344 e. The molecular weight excluding hydrogens is 372 g/mol. The lowest BCUT2D eigenvalue weighted by molar-refractivity contribution is -0.145. The van der Waals surface area contributed by atoms with Crippen LogP contribution in [-0.4, -0.2) is 27.4 Å². The van der Waals surface area contributed by atoms with Crippen molar-refractivity contribution in [1.29, 1.82) is 0 Å². The third-order valence-corrected chi connectivity index (χ3v) is 5.79. The maximum Gasteiger partial charge on any atom is 0.344 e. The molecule has 4 nitrogen and oxygen atoms in total. The molecule has 0 spiro atoms. The predicted molar refractivity (Wildman–Crippen MR) is 100 cm³/mol. The highest BCUT2D eigenvalue weighted by molar-refractivity contribution is 7.99. The summed E-state index contributed by atoms with van der Waals surface area (Å²) in [7, 11) is 0. The summed E-state index contributed by atoms with van der Waals surface area (Å²) in [4.78, 5) is 15.6. The Morgan fingerprint density at radius 2 is 1.96 bits per heavy atom. The molecule has 3 rings (SSSR count). The van der Waals surface area contributed by atoms with E-state index >= 15 is 0 Å². The van der Waals surface area contributed by atoms with Gasteiger partial charge in [-0.1, -0.05) is 25.8 Å². The van der Waals surface area contributed by atoms with Crippen LogP contribution < -0.4 is 4.74 Å². The van der Waals surface area contributed by atoms with E-state index in [-0.39, 0.29) is 12.0 Å². The Morgan fingerprint density at radius 1 is 1.30 bits per heavy atom. The van der Waals surface area contributed by atoms with Crippen LogP contribution in [0.15, 0.2) is 35.4 Å². The van der Waals surface area contributed by atoms with Gasteiger partial charge in [0.25, 0.3) is 0 Å². The van der Waals surface area contributed by atoms with Crippen molar-refractivity contribution < 1.29 is 23.4 Å². The SMILES string of the molecule is CCC(Oc1c(F)cc(-c2cccc(SC3CCCC3)n2)cc1F)C(=O)O. The molecule has 0 saturated heterocycles. The van der Waals surface area contributed by atoms with Crippen molar-refractivity contribution >= 4 is 17.7 Å². The van der Waals surface area contributed by atoms with Crippen LogP contribution in [0.3, 0.4) is 0 Å². The first kappa shape index (κ1) is 19.6. The first-order valence-corrected chi connectivity index (χ1v) is 9.88. The van der Waals surface area contributed by atoms with Crippen molar-refractivity contribution in [2.24, 2.45) is 0 Å². The third kappa shape index (κ3) is 4.77. The Morgan fingerprint density at radius 3 is 2.56 bits per heavy atom. The number of carboxylic acid groups (broad SMARTS) is 1. The molecule has 1 aromatic carbocycles. The second-order valence-electron chi connectivity index (χ2n) is 6.51. The molecule has 1 unspecified atom stereocenters. The number of hydrogen-bond acceptors (Lipinski definition) is 4. The minimum absolute atomic E-state index is 0.0952. The summed E-state index contributed by atoms with van der Waals surface area (Å²) in [5, 5.41) is 10.4. The number of carboxylic acids is 1. The zero-order chi connectivity index (χ0) is 19.4. The Hall–Kier alpha value is -2.15. The number of pyridine rings is 1. The molecule has 0 radical (unpaired) electrons. The van der Waals surface area contributed by atoms with Gasteiger partial charge >= 0.3 is 5.97 Å². The molecule has 1 fully saturated rings. The first-order valence-electron chi connectivity index (χ1n) is 9.00. The van der Waals surface area contributed by atoms with Crippen molar-refractivity contribution in [3.05, 3.63) is 42.0 Å². The van der Waals surface area contributed by atoms with Gasteiger partial charge in [-0.25, -0.2) is 18.6 Å². The lowest BCUT2D eigenvalue weighted by Gasteiger charge is -2.15. The number of thioether (sulfide) groups is 1. The van der Waals surface area contributed by atoms with Crippen molar-refractivity contribution in [2.45, 2.75) is 55.4 Å². The van der Waals surface area contributed by atoms with E-state index in [4.69, 9.17) is 9.84 Å². The zero-order valence-corrected chi connectivity index (χ0v) is 15.8. The van der Waals surface area contributed by atoms with Gasteiger partial charge in [-0.2, -0.15) is 0 Å². The lowest BCUT2D eigenvalue weighted by atomic mass is 10.1. The van der Waals surface area contributed by atoms with E-state index in [2.05, 4.69) is 4.98 Å². The van der Waals surface area contributed by atoms with Gasteiger partial charge < -0.3 is 9.84 Å². The molecule has 144 valence electrons. The fraction of sp³-hybridized carbons (Fsp3) is 0.400. The monoisotopic (exact) mass is 393 g/mol. The van der Waals surface area contributed by atoms with Gasteiger partial charge in [-0.15, -0.1) is 11.8 Å². The number of rotatable bonds is 7. The average molecular weight is 393 g/mol. The number of halogens is 2. The molecular formula is C20H21F2NO3S. The number of carbonyl (C=O) groups is 1. The molecule has 0 bridgehead atoms. The Balaban J connectivity index is 1.84. The van der Waals surface area contributed by atoms with E-state index in [0.29, 0.717) is 10.9 Å². The second-order valence-corrected chi connectivity index (χ2v) is 7.83. The topological polar surface area (TPSA) is 59.4 Å². The molecule has 1 atom stereocenters. The van der Waals surface area contributed by atoms with Crippen molar-refractivity contribution in [2.75, 3.05) is 0 Å². The lowest BCUT2D eigenvalue weighted by Crippen LogP contribution is -2.26. The fourth-order valence-corrected chi connectivity index (χ4v) is 4.31. The van der Waals surface area contributed by atoms with Gasteiger partial charge in [0.15, 0.2) is 23.5 Å². The Bertz CT molecular complexity index is 802. The van der Waals surface area contributed by atoms with E-state index in [0.717, 1.165) is 30.0 Å². The maximum atomic E-state index is 14.4. The number of ether oxygens (including phenoxy) is 1. The third-order valence-electron chi connectivity index (χ3n) is 4.51. The number of hydrogen-bond donors (Lipinski definition) is 1. The summed E-state index contributed by atoms with van der Waals surface area (Å²) < 4.78 is 33.8. The molecule has 1 N–H and O–H groups in total. The second kappa shape index (κ2) is 8.69. The average Bonchev–Trinajstić information content (AvgIpc) is 3.14. The van der Waals surface area contributed by atoms with E-state index in [1.165, 1.54) is 12.8 Å². The Labute approximate surface area is 161 Å². The quantitative estimate of drug-likeness (QED) is 0.691.